The predicted octanol–water partition coefficient (Wildman–Crippen LogP) is 1.60. The van der Waals surface area contributed by atoms with E-state index in [2.05, 4.69) is 0 Å². The molecule has 2 aromatic carbocycles. The largest absolute Gasteiger partial charge is 0.508 e. The third kappa shape index (κ3) is 4.04. The second-order valence-corrected chi connectivity index (χ2v) is 5.39. The van der Waals surface area contributed by atoms with E-state index < -0.39 is 18.8 Å². The topological polar surface area (TPSA) is 118 Å². The average molecular weight is 366 g/mol. The fourth-order valence-electron chi connectivity index (χ4n) is 2.43. The van der Waals surface area contributed by atoms with Gasteiger partial charge in [0.15, 0.2) is 29.1 Å². The molecule has 26 heavy (non-hydrogen) atoms. The lowest BCUT2D eigenvalue weighted by Crippen LogP contribution is -2.29. The molecule has 0 spiro atoms. The summed E-state index contributed by atoms with van der Waals surface area (Å²) >= 11 is 0. The highest BCUT2D eigenvalue weighted by atomic mass is 16.6. The summed E-state index contributed by atoms with van der Waals surface area (Å²) in [6.07, 6.45) is -2.31. The molecule has 0 unspecified atom stereocenters. The Hall–Kier alpha value is -2.84. The number of methoxy groups -OCH3 is 3. The zero-order valence-corrected chi connectivity index (χ0v) is 14.7. The van der Waals surface area contributed by atoms with Gasteiger partial charge in [-0.15, -0.1) is 0 Å². The minimum Gasteiger partial charge on any atom is -0.508 e. The Morgan fingerprint density at radius 2 is 1.46 bits per heavy atom. The second kappa shape index (κ2) is 8.50. The van der Waals surface area contributed by atoms with E-state index in [1.54, 1.807) is 0 Å². The van der Waals surface area contributed by atoms with Gasteiger partial charge in [-0.3, -0.25) is 0 Å². The quantitative estimate of drug-likeness (QED) is 0.556. The molecule has 0 amide bonds. The zero-order valence-electron chi connectivity index (χ0n) is 14.7. The molecule has 0 aromatic heterocycles. The average Bonchev–Trinajstić information content (AvgIpc) is 2.66. The molecule has 142 valence electrons. The van der Waals surface area contributed by atoms with Gasteiger partial charge in [0.25, 0.3) is 0 Å². The van der Waals surface area contributed by atoms with E-state index in [4.69, 9.17) is 18.9 Å². The van der Waals surface area contributed by atoms with Crippen molar-refractivity contribution < 1.29 is 39.4 Å². The van der Waals surface area contributed by atoms with E-state index in [0.29, 0.717) is 5.56 Å². The Bertz CT molecular complexity index is 721. The van der Waals surface area contributed by atoms with Crippen molar-refractivity contribution in [3.63, 3.8) is 0 Å². The Balaban J connectivity index is 2.35. The van der Waals surface area contributed by atoms with Gasteiger partial charge >= 0.3 is 0 Å². The second-order valence-electron chi connectivity index (χ2n) is 5.39. The van der Waals surface area contributed by atoms with Crippen LogP contribution in [0.3, 0.4) is 0 Å². The van der Waals surface area contributed by atoms with Crippen LogP contribution < -0.4 is 18.9 Å². The van der Waals surface area contributed by atoms with Crippen molar-refractivity contribution in [1.29, 1.82) is 0 Å². The standard InChI is InChI=1S/C18H22O8/c1-23-13-6-10(4-5-12(13)21)17(22)16(9-19)26-18-14(24-2)7-11(20)8-15(18)25-3/h4-8,16-17,19-22H,9H2,1-3H3/t16-,17+/m1/s1. The molecule has 2 aromatic rings. The number of phenols is 2. The van der Waals surface area contributed by atoms with Gasteiger partial charge in [-0.2, -0.15) is 0 Å². The summed E-state index contributed by atoms with van der Waals surface area (Å²) in [4.78, 5) is 0. The molecular weight excluding hydrogens is 344 g/mol. The molecular formula is C18H22O8. The van der Waals surface area contributed by atoms with Crippen molar-refractivity contribution in [3.8, 4) is 34.5 Å². The molecule has 0 radical (unpaired) electrons. The zero-order chi connectivity index (χ0) is 19.3. The van der Waals surface area contributed by atoms with Gasteiger partial charge < -0.3 is 39.4 Å². The predicted molar refractivity (Wildman–Crippen MR) is 92.3 cm³/mol. The highest BCUT2D eigenvalue weighted by molar-refractivity contribution is 5.55. The molecule has 0 bridgehead atoms. The summed E-state index contributed by atoms with van der Waals surface area (Å²) in [6.45, 7) is -0.516. The fraction of sp³-hybridized carbons (Fsp3) is 0.333. The number of aromatic hydroxyl groups is 2. The van der Waals surface area contributed by atoms with E-state index in [1.807, 2.05) is 0 Å². The number of aliphatic hydroxyl groups is 2. The first-order valence-electron chi connectivity index (χ1n) is 7.72. The van der Waals surface area contributed by atoms with Crippen LogP contribution in [0.25, 0.3) is 0 Å². The highest BCUT2D eigenvalue weighted by Crippen LogP contribution is 2.42. The van der Waals surface area contributed by atoms with E-state index in [-0.39, 0.29) is 34.5 Å². The van der Waals surface area contributed by atoms with Crippen molar-refractivity contribution in [3.05, 3.63) is 35.9 Å². The lowest BCUT2D eigenvalue weighted by molar-refractivity contribution is -0.00177. The number of hydrogen-bond donors (Lipinski definition) is 4. The maximum Gasteiger partial charge on any atom is 0.204 e. The van der Waals surface area contributed by atoms with Gasteiger partial charge in [0.1, 0.15) is 11.9 Å². The molecule has 0 aliphatic rings. The van der Waals surface area contributed by atoms with Crippen molar-refractivity contribution in [1.82, 2.24) is 0 Å². The smallest absolute Gasteiger partial charge is 0.204 e. The van der Waals surface area contributed by atoms with E-state index in [9.17, 15) is 20.4 Å². The summed E-state index contributed by atoms with van der Waals surface area (Å²) < 4.78 is 21.1. The molecule has 0 aliphatic heterocycles. The Kier molecular flexibility index (Phi) is 6.37. The highest BCUT2D eigenvalue weighted by Gasteiger charge is 2.26. The van der Waals surface area contributed by atoms with Gasteiger partial charge in [0.05, 0.1) is 27.9 Å². The molecule has 0 aliphatic carbocycles. The normalized spacial score (nSPS) is 13.0. The summed E-state index contributed by atoms with van der Waals surface area (Å²) in [5.41, 5.74) is 0.371. The third-order valence-corrected chi connectivity index (χ3v) is 3.79. The molecule has 2 atom stereocenters. The summed E-state index contributed by atoms with van der Waals surface area (Å²) in [5, 5.41) is 39.6. The van der Waals surface area contributed by atoms with Crippen LogP contribution in [0.4, 0.5) is 0 Å². The van der Waals surface area contributed by atoms with Crippen LogP contribution in [-0.4, -0.2) is 54.5 Å². The van der Waals surface area contributed by atoms with Gasteiger partial charge in [-0.25, -0.2) is 0 Å². The SMILES string of the molecule is COc1cc([C@H](O)[C@@H](CO)Oc2c(OC)cc(O)cc2OC)ccc1O. The minimum absolute atomic E-state index is 0.0770. The maximum atomic E-state index is 10.6. The summed E-state index contributed by atoms with van der Waals surface area (Å²) in [5.74, 6) is 0.489. The Morgan fingerprint density at radius 3 is 1.96 bits per heavy atom. The van der Waals surface area contributed by atoms with Crippen LogP contribution >= 0.6 is 0 Å². The van der Waals surface area contributed by atoms with Gasteiger partial charge in [-0.05, 0) is 17.7 Å². The van der Waals surface area contributed by atoms with Crippen LogP contribution in [0.2, 0.25) is 0 Å². The van der Waals surface area contributed by atoms with Crippen molar-refractivity contribution in [2.75, 3.05) is 27.9 Å². The van der Waals surface area contributed by atoms with Crippen LogP contribution in [0.5, 0.6) is 34.5 Å². The number of phenolic OH excluding ortho intramolecular Hbond substituents is 2. The Morgan fingerprint density at radius 1 is 0.885 bits per heavy atom. The van der Waals surface area contributed by atoms with Crippen LogP contribution in [-0.2, 0) is 0 Å². The van der Waals surface area contributed by atoms with Gasteiger partial charge in [0, 0.05) is 12.1 Å². The minimum atomic E-state index is -1.24. The first kappa shape index (κ1) is 19.5. The molecule has 0 heterocycles. The number of hydrogen-bond acceptors (Lipinski definition) is 8. The van der Waals surface area contributed by atoms with E-state index in [1.165, 1.54) is 51.7 Å². The molecule has 8 heteroatoms. The van der Waals surface area contributed by atoms with E-state index in [0.717, 1.165) is 0 Å². The lowest BCUT2D eigenvalue weighted by Gasteiger charge is -2.25. The summed E-state index contributed by atoms with van der Waals surface area (Å²) in [7, 11) is 4.16. The van der Waals surface area contributed by atoms with Crippen LogP contribution in [0, 0.1) is 0 Å². The molecule has 2 rings (SSSR count). The first-order chi connectivity index (χ1) is 12.4. The third-order valence-electron chi connectivity index (χ3n) is 3.79. The van der Waals surface area contributed by atoms with E-state index >= 15 is 0 Å². The van der Waals surface area contributed by atoms with Crippen LogP contribution in [0.1, 0.15) is 11.7 Å². The van der Waals surface area contributed by atoms with Crippen molar-refractivity contribution >= 4 is 0 Å². The molecule has 0 saturated heterocycles. The molecule has 0 saturated carbocycles. The molecule has 0 fully saturated rings. The van der Waals surface area contributed by atoms with Crippen molar-refractivity contribution in [2.45, 2.75) is 12.2 Å². The Labute approximate surface area is 150 Å². The number of benzene rings is 2. The lowest BCUT2D eigenvalue weighted by atomic mass is 10.0. The first-order valence-corrected chi connectivity index (χ1v) is 7.72. The van der Waals surface area contributed by atoms with Crippen molar-refractivity contribution in [2.24, 2.45) is 0 Å². The number of rotatable bonds is 8. The van der Waals surface area contributed by atoms with Crippen LogP contribution in [0.15, 0.2) is 30.3 Å². The number of aliphatic hydroxyl groups excluding tert-OH is 2. The molecule has 8 nitrogen and oxygen atoms in total. The fourth-order valence-corrected chi connectivity index (χ4v) is 2.43. The maximum absolute atomic E-state index is 10.6. The molecule has 4 N–H and O–H groups in total. The number of ether oxygens (including phenoxy) is 4. The monoisotopic (exact) mass is 366 g/mol. The van der Waals surface area contributed by atoms with Gasteiger partial charge in [0.2, 0.25) is 5.75 Å². The van der Waals surface area contributed by atoms with Gasteiger partial charge in [-0.1, -0.05) is 6.07 Å². The summed E-state index contributed by atoms with van der Waals surface area (Å²) in [6, 6.07) is 6.94.